The predicted octanol–water partition coefficient (Wildman–Crippen LogP) is 2.39. The average Bonchev–Trinajstić information content (AvgIpc) is 3.01. The van der Waals surface area contributed by atoms with Gasteiger partial charge in [0.2, 0.25) is 15.9 Å². The molecule has 6 heteroatoms. The van der Waals surface area contributed by atoms with E-state index in [1.807, 2.05) is 24.0 Å². The number of carbonyl (C=O) groups excluding carboxylic acids is 1. The first kappa shape index (κ1) is 16.8. The number of rotatable bonds is 7. The van der Waals surface area contributed by atoms with E-state index in [2.05, 4.69) is 4.72 Å². The summed E-state index contributed by atoms with van der Waals surface area (Å²) in [6.45, 7) is 3.67. The third-order valence-electron chi connectivity index (χ3n) is 3.81. The number of carbonyl (C=O) groups is 1. The Morgan fingerprint density at radius 1 is 1.18 bits per heavy atom. The van der Waals surface area contributed by atoms with Gasteiger partial charge >= 0.3 is 0 Å². The van der Waals surface area contributed by atoms with Gasteiger partial charge in [-0.1, -0.05) is 25.5 Å². The van der Waals surface area contributed by atoms with Crippen molar-refractivity contribution < 1.29 is 13.2 Å². The van der Waals surface area contributed by atoms with Crippen molar-refractivity contribution in [1.82, 2.24) is 4.90 Å². The first-order valence-electron chi connectivity index (χ1n) is 7.87. The highest BCUT2D eigenvalue weighted by Gasteiger charge is 2.18. The van der Waals surface area contributed by atoms with Crippen molar-refractivity contribution in [3.05, 3.63) is 29.8 Å². The van der Waals surface area contributed by atoms with E-state index in [0.717, 1.165) is 37.9 Å². The molecule has 1 aromatic carbocycles. The third-order valence-corrected chi connectivity index (χ3v) is 5.18. The second-order valence-corrected chi connectivity index (χ2v) is 7.58. The molecule has 5 nitrogen and oxygen atoms in total. The first-order valence-corrected chi connectivity index (χ1v) is 9.52. The van der Waals surface area contributed by atoms with Gasteiger partial charge in [-0.05, 0) is 37.0 Å². The number of amides is 1. The van der Waals surface area contributed by atoms with E-state index in [4.69, 9.17) is 0 Å². The lowest BCUT2D eigenvalue weighted by atomic mass is 10.1. The number of benzene rings is 1. The standard InChI is InChI=1S/C16H24N2O3S/c1-2-3-12-22(20,21)17-15-8-6-14(7-9-15)13-16(19)18-10-4-5-11-18/h6-9,17H,2-5,10-13H2,1H3. The van der Waals surface area contributed by atoms with Gasteiger partial charge in [-0.3, -0.25) is 9.52 Å². The number of hydrogen-bond acceptors (Lipinski definition) is 3. The zero-order chi connectivity index (χ0) is 16.0. The molecule has 0 spiro atoms. The van der Waals surface area contributed by atoms with Crippen LogP contribution in [-0.2, 0) is 21.2 Å². The van der Waals surface area contributed by atoms with Gasteiger partial charge in [0.1, 0.15) is 0 Å². The molecule has 0 unspecified atom stereocenters. The molecule has 1 N–H and O–H groups in total. The van der Waals surface area contributed by atoms with Crippen molar-refractivity contribution in [2.45, 2.75) is 39.0 Å². The molecular formula is C16H24N2O3S. The summed E-state index contributed by atoms with van der Waals surface area (Å²) in [5, 5.41) is 0. The Hall–Kier alpha value is -1.56. The molecule has 1 aliphatic rings. The number of sulfonamides is 1. The van der Waals surface area contributed by atoms with Gasteiger partial charge in [-0.15, -0.1) is 0 Å². The monoisotopic (exact) mass is 324 g/mol. The molecule has 0 bridgehead atoms. The van der Waals surface area contributed by atoms with Crippen molar-refractivity contribution in [2.24, 2.45) is 0 Å². The van der Waals surface area contributed by atoms with Crippen LogP contribution in [0.25, 0.3) is 0 Å². The topological polar surface area (TPSA) is 66.5 Å². The molecule has 22 heavy (non-hydrogen) atoms. The van der Waals surface area contributed by atoms with Gasteiger partial charge in [0.05, 0.1) is 12.2 Å². The molecule has 122 valence electrons. The highest BCUT2D eigenvalue weighted by atomic mass is 32.2. The maximum absolute atomic E-state index is 12.1. The zero-order valence-corrected chi connectivity index (χ0v) is 13.9. The molecule has 1 aromatic rings. The summed E-state index contributed by atoms with van der Waals surface area (Å²) >= 11 is 0. The third kappa shape index (κ3) is 5.02. The normalized spacial score (nSPS) is 15.0. The van der Waals surface area contributed by atoms with Crippen LogP contribution in [0.4, 0.5) is 5.69 Å². The fourth-order valence-corrected chi connectivity index (χ4v) is 3.77. The molecule has 1 heterocycles. The predicted molar refractivity (Wildman–Crippen MR) is 88.3 cm³/mol. The molecule has 0 aromatic heterocycles. The minimum absolute atomic E-state index is 0.138. The van der Waals surface area contributed by atoms with Crippen LogP contribution in [0.5, 0.6) is 0 Å². The number of likely N-dealkylation sites (tertiary alicyclic amines) is 1. The summed E-state index contributed by atoms with van der Waals surface area (Å²) in [6.07, 6.45) is 4.05. The quantitative estimate of drug-likeness (QED) is 0.837. The molecule has 1 fully saturated rings. The summed E-state index contributed by atoms with van der Waals surface area (Å²) in [7, 11) is -3.27. The van der Waals surface area contributed by atoms with Gasteiger partial charge in [-0.2, -0.15) is 0 Å². The van der Waals surface area contributed by atoms with Gasteiger partial charge in [-0.25, -0.2) is 8.42 Å². The maximum atomic E-state index is 12.1. The fourth-order valence-electron chi connectivity index (χ4n) is 2.51. The van der Waals surface area contributed by atoms with E-state index in [-0.39, 0.29) is 11.7 Å². The Bertz CT molecular complexity index is 590. The van der Waals surface area contributed by atoms with Crippen LogP contribution < -0.4 is 4.72 Å². The van der Waals surface area contributed by atoms with Crippen LogP contribution >= 0.6 is 0 Å². The Kier molecular flexibility index (Phi) is 5.83. The molecule has 0 saturated carbocycles. The molecule has 0 radical (unpaired) electrons. The van der Waals surface area contributed by atoms with Crippen LogP contribution in [0, 0.1) is 0 Å². The summed E-state index contributed by atoms with van der Waals surface area (Å²) in [4.78, 5) is 14.0. The van der Waals surface area contributed by atoms with E-state index in [9.17, 15) is 13.2 Å². The highest BCUT2D eigenvalue weighted by Crippen LogP contribution is 2.15. The smallest absolute Gasteiger partial charge is 0.232 e. The lowest BCUT2D eigenvalue weighted by Crippen LogP contribution is -2.29. The van der Waals surface area contributed by atoms with E-state index >= 15 is 0 Å². The summed E-state index contributed by atoms with van der Waals surface area (Å²) in [5.74, 6) is 0.285. The number of anilines is 1. The average molecular weight is 324 g/mol. The maximum Gasteiger partial charge on any atom is 0.232 e. The van der Waals surface area contributed by atoms with Crippen molar-refractivity contribution in [1.29, 1.82) is 0 Å². The van der Waals surface area contributed by atoms with E-state index in [1.165, 1.54) is 0 Å². The number of nitrogens with one attached hydrogen (secondary N) is 1. The Morgan fingerprint density at radius 2 is 1.82 bits per heavy atom. The fraction of sp³-hybridized carbons (Fsp3) is 0.562. The molecule has 0 aliphatic carbocycles. The molecule has 2 rings (SSSR count). The van der Waals surface area contributed by atoms with Crippen LogP contribution in [0.15, 0.2) is 24.3 Å². The van der Waals surface area contributed by atoms with E-state index in [1.54, 1.807) is 12.1 Å². The first-order chi connectivity index (χ1) is 10.5. The van der Waals surface area contributed by atoms with Crippen molar-refractivity contribution >= 4 is 21.6 Å². The summed E-state index contributed by atoms with van der Waals surface area (Å²) in [6, 6.07) is 7.06. The minimum atomic E-state index is -3.27. The van der Waals surface area contributed by atoms with E-state index in [0.29, 0.717) is 18.5 Å². The molecule has 0 atom stereocenters. The molecule has 1 aliphatic heterocycles. The van der Waals surface area contributed by atoms with Gasteiger partial charge in [0.15, 0.2) is 0 Å². The van der Waals surface area contributed by atoms with Crippen LogP contribution in [-0.4, -0.2) is 38.1 Å². The molecule has 1 amide bonds. The van der Waals surface area contributed by atoms with Crippen LogP contribution in [0.2, 0.25) is 0 Å². The summed E-state index contributed by atoms with van der Waals surface area (Å²) < 4.78 is 26.2. The Labute approximate surface area is 132 Å². The van der Waals surface area contributed by atoms with Crippen molar-refractivity contribution in [2.75, 3.05) is 23.6 Å². The largest absolute Gasteiger partial charge is 0.342 e. The van der Waals surface area contributed by atoms with Crippen LogP contribution in [0.1, 0.15) is 38.2 Å². The Balaban J connectivity index is 1.91. The second-order valence-electron chi connectivity index (χ2n) is 5.74. The van der Waals surface area contributed by atoms with Crippen LogP contribution in [0.3, 0.4) is 0 Å². The van der Waals surface area contributed by atoms with E-state index < -0.39 is 10.0 Å². The minimum Gasteiger partial charge on any atom is -0.342 e. The van der Waals surface area contributed by atoms with Gasteiger partial charge < -0.3 is 4.90 Å². The van der Waals surface area contributed by atoms with Crippen molar-refractivity contribution in [3.8, 4) is 0 Å². The molecule has 1 saturated heterocycles. The lowest BCUT2D eigenvalue weighted by molar-refractivity contribution is -0.129. The van der Waals surface area contributed by atoms with Crippen molar-refractivity contribution in [3.63, 3.8) is 0 Å². The summed E-state index contributed by atoms with van der Waals surface area (Å²) in [5.41, 5.74) is 1.46. The number of hydrogen-bond donors (Lipinski definition) is 1. The van der Waals surface area contributed by atoms with Gasteiger partial charge in [0.25, 0.3) is 0 Å². The number of unbranched alkanes of at least 4 members (excludes halogenated alkanes) is 1. The Morgan fingerprint density at radius 3 is 2.41 bits per heavy atom. The number of nitrogens with zero attached hydrogens (tertiary/aromatic N) is 1. The lowest BCUT2D eigenvalue weighted by Gasteiger charge is -2.15. The highest BCUT2D eigenvalue weighted by molar-refractivity contribution is 7.92. The van der Waals surface area contributed by atoms with Gasteiger partial charge in [0, 0.05) is 18.8 Å². The second kappa shape index (κ2) is 7.63. The zero-order valence-electron chi connectivity index (χ0n) is 13.0. The SMILES string of the molecule is CCCCS(=O)(=O)Nc1ccc(CC(=O)N2CCCC2)cc1. The molecular weight excluding hydrogens is 300 g/mol.